The third-order valence-electron chi connectivity index (χ3n) is 8.33. The minimum Gasteiger partial charge on any atom is -0.395 e. The molecule has 3 fully saturated rings. The van der Waals surface area contributed by atoms with Crippen LogP contribution in [0.15, 0.2) is 4.99 Å². The first kappa shape index (κ1) is 37.8. The summed E-state index contributed by atoms with van der Waals surface area (Å²) in [5, 5.41) is 63.8. The van der Waals surface area contributed by atoms with Crippen molar-refractivity contribution in [2.24, 2.45) is 39.6 Å². The van der Waals surface area contributed by atoms with E-state index in [0.717, 1.165) is 0 Å². The number of aliphatic imine (C=N–C) groups is 1. The first-order chi connectivity index (χ1) is 21.3. The maximum atomic E-state index is 16.5. The van der Waals surface area contributed by atoms with Crippen LogP contribution in [0.25, 0.3) is 0 Å². The molecule has 15 atom stereocenters. The number of nitrogens with zero attached hydrogens (tertiary/aromatic N) is 1. The second kappa shape index (κ2) is 17.5. The maximum Gasteiger partial charge on any atom is 0.186 e. The fourth-order valence-electron chi connectivity index (χ4n) is 5.94. The average Bonchev–Trinajstić information content (AvgIpc) is 2.98. The van der Waals surface area contributed by atoms with Gasteiger partial charge in [-0.3, -0.25) is 4.79 Å². The van der Waals surface area contributed by atoms with Crippen molar-refractivity contribution in [3.8, 4) is 0 Å². The lowest BCUT2D eigenvalue weighted by molar-refractivity contribution is -0.314. The van der Waals surface area contributed by atoms with Crippen LogP contribution in [0.3, 0.4) is 0 Å². The van der Waals surface area contributed by atoms with E-state index >= 15 is 4.39 Å². The molecule has 0 spiro atoms. The van der Waals surface area contributed by atoms with Gasteiger partial charge in [0.1, 0.15) is 36.6 Å². The van der Waals surface area contributed by atoms with Crippen LogP contribution in [-0.4, -0.2) is 161 Å². The van der Waals surface area contributed by atoms with E-state index in [-0.39, 0.29) is 51.9 Å². The third-order valence-corrected chi connectivity index (χ3v) is 8.33. The first-order valence-electron chi connectivity index (χ1n) is 15.1. The minimum atomic E-state index is -2.08. The average molecular weight is 656 g/mol. The molecule has 2 aliphatic heterocycles. The van der Waals surface area contributed by atoms with Crippen LogP contribution in [0.5, 0.6) is 0 Å². The van der Waals surface area contributed by atoms with Gasteiger partial charge in [0.15, 0.2) is 30.5 Å². The van der Waals surface area contributed by atoms with Crippen LogP contribution in [-0.2, 0) is 23.7 Å². The zero-order chi connectivity index (χ0) is 33.4. The lowest BCUT2D eigenvalue weighted by Gasteiger charge is -2.48. The summed E-state index contributed by atoms with van der Waals surface area (Å²) < 4.78 is 39.8. The molecule has 3 aliphatic rings. The monoisotopic (exact) mass is 655 g/mol. The molecule has 18 nitrogen and oxygen atoms in total. The molecule has 2 heterocycles. The quantitative estimate of drug-likeness (QED) is 0.0443. The number of guanidine groups is 1. The van der Waals surface area contributed by atoms with Crippen LogP contribution in [0.1, 0.15) is 25.7 Å². The maximum absolute atomic E-state index is 16.5. The Morgan fingerprint density at radius 1 is 1.00 bits per heavy atom. The molecule has 0 aromatic heterocycles. The summed E-state index contributed by atoms with van der Waals surface area (Å²) >= 11 is 0. The predicted molar refractivity (Wildman–Crippen MR) is 155 cm³/mol. The largest absolute Gasteiger partial charge is 0.395 e. The van der Waals surface area contributed by atoms with Gasteiger partial charge in [-0.25, -0.2) is 9.38 Å². The number of hydrogen-bond donors (Lipinski definition) is 12. The van der Waals surface area contributed by atoms with Crippen molar-refractivity contribution < 1.29 is 58.8 Å². The number of ether oxygens (including phenoxy) is 4. The number of hydrogen-bond acceptors (Lipinski definition) is 16. The Kier molecular flexibility index (Phi) is 14.7. The van der Waals surface area contributed by atoms with Crippen molar-refractivity contribution >= 4 is 11.7 Å². The molecule has 262 valence electrons. The highest BCUT2D eigenvalue weighted by atomic mass is 19.1. The van der Waals surface area contributed by atoms with Crippen LogP contribution >= 0.6 is 0 Å². The fourth-order valence-corrected chi connectivity index (χ4v) is 5.94. The molecular formula is C26H50FN7O11. The lowest BCUT2D eigenvalue weighted by Crippen LogP contribution is -2.64. The molecule has 17 N–H and O–H groups in total. The van der Waals surface area contributed by atoms with Crippen molar-refractivity contribution in [1.29, 1.82) is 0 Å². The van der Waals surface area contributed by atoms with Crippen molar-refractivity contribution in [1.82, 2.24) is 5.32 Å². The molecule has 0 aromatic rings. The Labute approximate surface area is 260 Å². The van der Waals surface area contributed by atoms with Crippen LogP contribution in [0, 0.1) is 5.92 Å². The number of carbonyl (C=O) groups excluding carboxylic acids is 1. The Morgan fingerprint density at radius 2 is 1.67 bits per heavy atom. The van der Waals surface area contributed by atoms with Gasteiger partial charge in [-0.1, -0.05) is 0 Å². The number of nitrogens with two attached hydrogens (primary N) is 5. The number of ketones is 1. The minimum absolute atomic E-state index is 0.0221. The SMILES string of the molecule is NCC[C@H](O)C(=O)C[C@@H]1CC(N)[C@@H](O[C@H]2OC(CNCCO)[C@@H](O)CC2N)[C@H](F)C1OC1O[C@H](CO)[C@@H](O)C(N=C(N)N)[C@H]1O. The smallest absolute Gasteiger partial charge is 0.186 e. The number of alkyl halides is 1. The molecule has 45 heavy (non-hydrogen) atoms. The summed E-state index contributed by atoms with van der Waals surface area (Å²) in [6, 6.07) is -3.30. The van der Waals surface area contributed by atoms with Crippen molar-refractivity contribution in [3.05, 3.63) is 0 Å². The Balaban J connectivity index is 1.86. The summed E-state index contributed by atoms with van der Waals surface area (Å²) in [5.41, 5.74) is 28.9. The molecule has 6 unspecified atom stereocenters. The van der Waals surface area contributed by atoms with Crippen molar-refractivity contribution in [3.63, 3.8) is 0 Å². The van der Waals surface area contributed by atoms with Gasteiger partial charge in [0.05, 0.1) is 37.6 Å². The number of aliphatic hydroxyl groups excluding tert-OH is 6. The molecule has 0 bridgehead atoms. The zero-order valence-electron chi connectivity index (χ0n) is 25.0. The molecule has 0 amide bonds. The highest BCUT2D eigenvalue weighted by molar-refractivity contribution is 5.83. The van der Waals surface area contributed by atoms with Gasteiger partial charge in [0.2, 0.25) is 0 Å². The summed E-state index contributed by atoms with van der Waals surface area (Å²) in [5.74, 6) is -2.06. The van der Waals surface area contributed by atoms with E-state index in [0.29, 0.717) is 0 Å². The van der Waals surface area contributed by atoms with Gasteiger partial charge in [0.25, 0.3) is 0 Å². The summed E-state index contributed by atoms with van der Waals surface area (Å²) in [7, 11) is 0. The Bertz CT molecular complexity index is 957. The first-order valence-corrected chi connectivity index (χ1v) is 15.1. The van der Waals surface area contributed by atoms with E-state index in [4.69, 9.17) is 52.7 Å². The summed E-state index contributed by atoms with van der Waals surface area (Å²) in [4.78, 5) is 16.6. The molecular weight excluding hydrogens is 605 g/mol. The molecule has 0 radical (unpaired) electrons. The second-order valence-corrected chi connectivity index (χ2v) is 11.8. The lowest BCUT2D eigenvalue weighted by atomic mass is 9.77. The Morgan fingerprint density at radius 3 is 2.29 bits per heavy atom. The van der Waals surface area contributed by atoms with E-state index in [2.05, 4.69) is 10.3 Å². The fraction of sp³-hybridized carbons (Fsp3) is 0.923. The number of carbonyl (C=O) groups is 1. The highest BCUT2D eigenvalue weighted by Gasteiger charge is 2.52. The predicted octanol–water partition coefficient (Wildman–Crippen LogP) is -6.42. The molecule has 3 rings (SSSR count). The molecule has 1 aliphatic carbocycles. The number of aliphatic hydroxyl groups is 6. The van der Waals surface area contributed by atoms with E-state index in [1.165, 1.54) is 0 Å². The van der Waals surface area contributed by atoms with E-state index < -0.39 is 110 Å². The van der Waals surface area contributed by atoms with Crippen molar-refractivity contribution in [2.45, 2.75) is 111 Å². The van der Waals surface area contributed by atoms with Gasteiger partial charge >= 0.3 is 0 Å². The molecule has 0 aromatic carbocycles. The van der Waals surface area contributed by atoms with E-state index in [9.17, 15) is 30.3 Å². The molecule has 19 heteroatoms. The van der Waals surface area contributed by atoms with Crippen LogP contribution in [0.2, 0.25) is 0 Å². The second-order valence-electron chi connectivity index (χ2n) is 11.8. The standard InChI is InChI=1S/C26H50FN7O11/c27-18-22(44-25-21(41)19(34-26(31)32)20(40)17(9-36)43-25)10(6-14(38)13(37)1-2-28)5-11(29)23(18)45-24-12(30)7-15(39)16(42-24)8-33-3-4-35/h10-13,15-25,33,35-37,39-41H,1-9,28-30H2,(H4,31,32,34)/t10-,11?,12?,13-,15-,16?,17+,18+,19?,20+,21+,22?,23+,24+,25?/m0/s1. The zero-order valence-corrected chi connectivity index (χ0v) is 25.0. The van der Waals surface area contributed by atoms with Gasteiger partial charge in [-0.05, 0) is 31.7 Å². The van der Waals surface area contributed by atoms with Crippen LogP contribution < -0.4 is 34.0 Å². The van der Waals surface area contributed by atoms with Gasteiger partial charge in [-0.15, -0.1) is 0 Å². The van der Waals surface area contributed by atoms with E-state index in [1.54, 1.807) is 0 Å². The molecule has 2 saturated heterocycles. The number of rotatable bonds is 15. The number of halogens is 1. The number of nitrogens with one attached hydrogen (secondary N) is 1. The normalized spacial score (nSPS) is 41.4. The van der Waals surface area contributed by atoms with Gasteiger partial charge in [0, 0.05) is 25.6 Å². The topological polar surface area (TPSA) is 330 Å². The third kappa shape index (κ3) is 9.67. The summed E-state index contributed by atoms with van der Waals surface area (Å²) in [6.45, 7) is -0.436. The highest BCUT2D eigenvalue weighted by Crippen LogP contribution is 2.38. The summed E-state index contributed by atoms with van der Waals surface area (Å²) in [6.07, 6.45) is -16.1. The van der Waals surface area contributed by atoms with Crippen LogP contribution in [0.4, 0.5) is 4.39 Å². The molecule has 1 saturated carbocycles. The van der Waals surface area contributed by atoms with Gasteiger partial charge < -0.3 is 83.6 Å². The number of Topliss-reactive ketones (excluding diaryl/α,β-unsaturated/α-hetero) is 1. The Hall–Kier alpha value is -1.69. The van der Waals surface area contributed by atoms with Crippen molar-refractivity contribution in [2.75, 3.05) is 32.8 Å². The van der Waals surface area contributed by atoms with E-state index in [1.807, 2.05) is 0 Å². The van der Waals surface area contributed by atoms with Gasteiger partial charge in [-0.2, -0.15) is 0 Å².